The summed E-state index contributed by atoms with van der Waals surface area (Å²) >= 11 is 0. The monoisotopic (exact) mass is 809 g/mol. The molecule has 6 rings (SSSR count). The van der Waals surface area contributed by atoms with Crippen molar-refractivity contribution in [2.75, 3.05) is 20.3 Å². The zero-order valence-electron chi connectivity index (χ0n) is 29.6. The second-order valence-corrected chi connectivity index (χ2v) is 13.3. The molecule has 2 heterocycles. The summed E-state index contributed by atoms with van der Waals surface area (Å²) in [6.07, 6.45) is -13.8. The van der Waals surface area contributed by atoms with Crippen molar-refractivity contribution in [1.29, 1.82) is 0 Å². The topological polar surface area (TPSA) is 285 Å². The number of fused-ring (bicyclic) bond motifs is 3. The van der Waals surface area contributed by atoms with Crippen molar-refractivity contribution < 1.29 is 92.0 Å². The highest BCUT2D eigenvalue weighted by molar-refractivity contribution is 6.31. The third-order valence-electron chi connectivity index (χ3n) is 9.71. The van der Waals surface area contributed by atoms with Gasteiger partial charge in [0.1, 0.15) is 34.7 Å². The fourth-order valence-corrected chi connectivity index (χ4v) is 7.02. The summed E-state index contributed by atoms with van der Waals surface area (Å²) in [5, 5.41) is 81.2. The molecule has 22 heteroatoms. The second kappa shape index (κ2) is 15.2. The Labute approximate surface area is 318 Å². The van der Waals surface area contributed by atoms with Crippen LogP contribution in [0.4, 0.5) is 13.2 Å². The molecule has 1 saturated heterocycles. The van der Waals surface area contributed by atoms with Gasteiger partial charge in [-0.2, -0.15) is 13.2 Å². The lowest BCUT2D eigenvalue weighted by atomic mass is 9.71. The van der Waals surface area contributed by atoms with Crippen LogP contribution in [0.3, 0.4) is 0 Å². The Balaban J connectivity index is 1.40. The number of alkyl halides is 3. The first-order chi connectivity index (χ1) is 26.8. The first-order valence-electron chi connectivity index (χ1n) is 16.9. The van der Waals surface area contributed by atoms with E-state index in [2.05, 4.69) is 5.16 Å². The number of phenolic OH excluding ortho intramolecular Hbond substituents is 2. The van der Waals surface area contributed by atoms with Crippen LogP contribution in [0.1, 0.15) is 68.8 Å². The predicted molar refractivity (Wildman–Crippen MR) is 179 cm³/mol. The number of halogens is 3. The summed E-state index contributed by atoms with van der Waals surface area (Å²) in [5.74, 6) is -8.67. The van der Waals surface area contributed by atoms with Crippen LogP contribution in [0.15, 0.2) is 35.5 Å². The number of ether oxygens (including phenoxy) is 3. The molecule has 2 aromatic carbocycles. The molecule has 4 unspecified atom stereocenters. The molecule has 1 fully saturated rings. The van der Waals surface area contributed by atoms with Crippen LogP contribution >= 0.6 is 0 Å². The number of amides is 1. The lowest BCUT2D eigenvalue weighted by Crippen LogP contribution is -2.57. The van der Waals surface area contributed by atoms with E-state index in [0.717, 1.165) is 12.1 Å². The van der Waals surface area contributed by atoms with Gasteiger partial charge >= 0.3 is 18.1 Å². The molecule has 0 saturated carbocycles. The molecule has 0 bridgehead atoms. The van der Waals surface area contributed by atoms with Gasteiger partial charge in [-0.25, -0.2) is 4.79 Å². The number of aliphatic hydroxyl groups excluding tert-OH is 2. The molecule has 2 aliphatic carbocycles. The molecule has 6 atom stereocenters. The zero-order chi connectivity index (χ0) is 41.7. The fourth-order valence-electron chi connectivity index (χ4n) is 7.02. The van der Waals surface area contributed by atoms with Gasteiger partial charge in [-0.05, 0) is 13.0 Å². The number of rotatable bonds is 10. The van der Waals surface area contributed by atoms with Gasteiger partial charge in [0.25, 0.3) is 0 Å². The second-order valence-electron chi connectivity index (χ2n) is 13.3. The number of nitrogens with one attached hydrogen (secondary N) is 1. The summed E-state index contributed by atoms with van der Waals surface area (Å²) in [4.78, 5) is 61.7. The molecule has 3 aromatic rings. The van der Waals surface area contributed by atoms with Gasteiger partial charge in [0.15, 0.2) is 12.1 Å². The highest BCUT2D eigenvalue weighted by Gasteiger charge is 2.50. The molecule has 1 aliphatic heterocycles. The van der Waals surface area contributed by atoms with Crippen LogP contribution < -0.4 is 14.9 Å². The summed E-state index contributed by atoms with van der Waals surface area (Å²) < 4.78 is 56.8. The average molecular weight is 810 g/mol. The highest BCUT2D eigenvalue weighted by atomic mass is 19.4. The van der Waals surface area contributed by atoms with Crippen LogP contribution in [0.25, 0.3) is 0 Å². The minimum atomic E-state index is -5.32. The van der Waals surface area contributed by atoms with E-state index in [4.69, 9.17) is 23.9 Å². The third kappa shape index (κ3) is 7.39. The van der Waals surface area contributed by atoms with Gasteiger partial charge in [0.05, 0.1) is 48.7 Å². The normalized spacial score (nSPS) is 24.6. The Kier molecular flexibility index (Phi) is 10.9. The molecule has 306 valence electrons. The van der Waals surface area contributed by atoms with Crippen molar-refractivity contribution in [3.05, 3.63) is 63.7 Å². The average Bonchev–Trinajstić information content (AvgIpc) is 3.46. The van der Waals surface area contributed by atoms with Crippen LogP contribution in [-0.4, -0.2) is 126 Å². The Hall–Kier alpha value is -5.94. The maximum absolute atomic E-state index is 14.0. The lowest BCUT2D eigenvalue weighted by molar-refractivity contribution is -0.249. The van der Waals surface area contributed by atoms with Crippen LogP contribution in [-0.2, 0) is 30.3 Å². The number of carbonyl (C=O) groups excluding carboxylic acids is 4. The Bertz CT molecular complexity index is 2150. The highest BCUT2D eigenvalue weighted by Crippen LogP contribution is 2.52. The van der Waals surface area contributed by atoms with E-state index in [-0.39, 0.29) is 22.4 Å². The van der Waals surface area contributed by atoms with E-state index in [1.54, 1.807) is 5.32 Å². The van der Waals surface area contributed by atoms with E-state index >= 15 is 0 Å². The molecule has 1 aromatic heterocycles. The number of carbonyl (C=O) groups is 4. The van der Waals surface area contributed by atoms with E-state index in [0.29, 0.717) is 4.73 Å². The van der Waals surface area contributed by atoms with Crippen LogP contribution in [0.2, 0.25) is 0 Å². The number of benzene rings is 2. The molecular weight excluding hydrogens is 775 g/mol. The standard InChI is InChI=1S/C35H34F3N3O16/c1-13-28(46)16(39-33(51)35(36,37)38)8-23(55-13)56-18-10-34(52,19(11-42)40-54-12-22(45)57-41-20(43)6-7-21(41)44)9-15-25(18)32(50)27-26(30(15)48)29(47)14-4-3-5-17(53-2)24(14)31(27)49/h3-7,13,16,18,23,28,42-44,46,48,50,52H,8-12H2,1-2H3,(H,39,51)/t13?,16?,18-,23?,28?,34-/m0/s1. The molecule has 8 N–H and O–H groups in total. The maximum Gasteiger partial charge on any atom is 0.471 e. The SMILES string of the molecule is COc1cccc2c1C(=O)c1c(O)c3c(c(O)c1C2=O)C[C@@](O)(C(CO)=NOCC(=O)On1c(O)ccc1O)C[C@@H]3OC1CC(NC(=O)C(F)(F)F)C(O)C(C)O1. The molecular formula is C35H34F3N3O16. The summed E-state index contributed by atoms with van der Waals surface area (Å²) in [6.45, 7) is -0.887. The van der Waals surface area contributed by atoms with E-state index < -0.39 is 144 Å². The van der Waals surface area contributed by atoms with Crippen LogP contribution in [0.5, 0.6) is 29.0 Å². The molecule has 3 aliphatic rings. The zero-order valence-corrected chi connectivity index (χ0v) is 29.6. The van der Waals surface area contributed by atoms with Gasteiger partial charge in [-0.15, -0.1) is 4.73 Å². The number of aromatic nitrogens is 1. The Morgan fingerprint density at radius 2 is 1.70 bits per heavy atom. The molecule has 0 spiro atoms. The molecule has 19 nitrogen and oxygen atoms in total. The maximum atomic E-state index is 14.0. The number of aromatic hydroxyl groups is 4. The van der Waals surface area contributed by atoms with Gasteiger partial charge in [0, 0.05) is 48.1 Å². The predicted octanol–water partition coefficient (Wildman–Crippen LogP) is 0.393. The summed E-state index contributed by atoms with van der Waals surface area (Å²) in [5.41, 5.74) is -5.69. The fraction of sp³-hybridized carbons (Fsp3) is 0.400. The number of methoxy groups -OCH3 is 1. The van der Waals surface area contributed by atoms with E-state index in [9.17, 15) is 68.1 Å². The summed E-state index contributed by atoms with van der Waals surface area (Å²) in [6, 6.07) is 4.46. The molecule has 57 heavy (non-hydrogen) atoms. The van der Waals surface area contributed by atoms with Crippen molar-refractivity contribution in [3.8, 4) is 29.0 Å². The summed E-state index contributed by atoms with van der Waals surface area (Å²) in [7, 11) is 1.23. The Morgan fingerprint density at radius 3 is 2.33 bits per heavy atom. The van der Waals surface area contributed by atoms with Gasteiger partial charge in [-0.3, -0.25) is 14.4 Å². The minimum absolute atomic E-state index is 0.0416. The van der Waals surface area contributed by atoms with Crippen LogP contribution in [0, 0.1) is 0 Å². The van der Waals surface area contributed by atoms with E-state index in [1.807, 2.05) is 0 Å². The number of oxime groups is 1. The quantitative estimate of drug-likeness (QED) is 0.0611. The smallest absolute Gasteiger partial charge is 0.471 e. The Morgan fingerprint density at radius 1 is 1.04 bits per heavy atom. The van der Waals surface area contributed by atoms with Crippen molar-refractivity contribution in [2.45, 2.75) is 68.6 Å². The first kappa shape index (κ1) is 40.7. The van der Waals surface area contributed by atoms with Gasteiger partial charge in [0.2, 0.25) is 24.2 Å². The first-order valence-corrected chi connectivity index (χ1v) is 16.9. The largest absolute Gasteiger partial charge is 0.507 e. The number of ketones is 2. The van der Waals surface area contributed by atoms with E-state index in [1.165, 1.54) is 32.2 Å². The van der Waals surface area contributed by atoms with Crippen molar-refractivity contribution in [2.24, 2.45) is 5.16 Å². The number of phenols is 2. The van der Waals surface area contributed by atoms with Crippen molar-refractivity contribution in [3.63, 3.8) is 0 Å². The number of aliphatic hydroxyl groups is 3. The van der Waals surface area contributed by atoms with Gasteiger partial charge in [-0.1, -0.05) is 17.3 Å². The lowest BCUT2D eigenvalue weighted by Gasteiger charge is -2.43. The van der Waals surface area contributed by atoms with Crippen molar-refractivity contribution in [1.82, 2.24) is 10.0 Å². The minimum Gasteiger partial charge on any atom is -0.507 e. The number of hydrogen-bond acceptors (Lipinski definition) is 17. The van der Waals surface area contributed by atoms with Crippen molar-refractivity contribution >= 4 is 29.2 Å². The number of hydrogen-bond donors (Lipinski definition) is 8. The number of nitrogens with zero attached hydrogens (tertiary/aromatic N) is 2. The third-order valence-corrected chi connectivity index (χ3v) is 9.71. The van der Waals surface area contributed by atoms with Gasteiger partial charge < -0.3 is 64.9 Å². The molecule has 1 amide bonds. The molecule has 0 radical (unpaired) electrons.